The van der Waals surface area contributed by atoms with Crippen LogP contribution in [-0.4, -0.2) is 4.98 Å². The van der Waals surface area contributed by atoms with Gasteiger partial charge in [0.25, 0.3) is 0 Å². The molecule has 0 saturated heterocycles. The standard InChI is InChI=1S/C13H14F2N2S/c1-7(2)12(16)13-17-11(6-18-13)9-4-3-8(14)5-10(9)15/h3-7,12H,16H2,1-2H3. The normalized spacial score (nSPS) is 13.0. The van der Waals surface area contributed by atoms with Crippen molar-refractivity contribution in [3.8, 4) is 11.3 Å². The average Bonchev–Trinajstić information content (AvgIpc) is 2.77. The lowest BCUT2D eigenvalue weighted by atomic mass is 10.1. The molecule has 0 spiro atoms. The van der Waals surface area contributed by atoms with Gasteiger partial charge in [-0.3, -0.25) is 0 Å². The van der Waals surface area contributed by atoms with Gasteiger partial charge < -0.3 is 5.73 Å². The van der Waals surface area contributed by atoms with Crippen LogP contribution in [-0.2, 0) is 0 Å². The first-order valence-electron chi connectivity index (χ1n) is 5.65. The second-order valence-electron chi connectivity index (χ2n) is 4.46. The summed E-state index contributed by atoms with van der Waals surface area (Å²) in [6, 6.07) is 3.31. The van der Waals surface area contributed by atoms with Crippen molar-refractivity contribution < 1.29 is 8.78 Å². The minimum atomic E-state index is -0.607. The van der Waals surface area contributed by atoms with Gasteiger partial charge in [-0.25, -0.2) is 13.8 Å². The zero-order valence-corrected chi connectivity index (χ0v) is 11.0. The summed E-state index contributed by atoms with van der Waals surface area (Å²) in [7, 11) is 0. The lowest BCUT2D eigenvalue weighted by molar-refractivity contribution is 0.512. The van der Waals surface area contributed by atoms with E-state index in [1.165, 1.54) is 23.5 Å². The van der Waals surface area contributed by atoms with Crippen LogP contribution in [0.25, 0.3) is 11.3 Å². The zero-order chi connectivity index (χ0) is 13.3. The molecular weight excluding hydrogens is 254 g/mol. The molecule has 1 aromatic carbocycles. The summed E-state index contributed by atoms with van der Waals surface area (Å²) < 4.78 is 26.4. The van der Waals surface area contributed by atoms with Crippen LogP contribution < -0.4 is 5.73 Å². The summed E-state index contributed by atoms with van der Waals surface area (Å²) in [5.74, 6) is -0.933. The monoisotopic (exact) mass is 268 g/mol. The molecule has 2 rings (SSSR count). The molecule has 0 fully saturated rings. The summed E-state index contributed by atoms with van der Waals surface area (Å²) in [5.41, 5.74) is 6.79. The van der Waals surface area contributed by atoms with E-state index in [1.54, 1.807) is 5.38 Å². The van der Waals surface area contributed by atoms with Gasteiger partial charge in [0.05, 0.1) is 11.7 Å². The quantitative estimate of drug-likeness (QED) is 0.921. The summed E-state index contributed by atoms with van der Waals surface area (Å²) in [4.78, 5) is 4.32. The maximum Gasteiger partial charge on any atom is 0.135 e. The first-order valence-corrected chi connectivity index (χ1v) is 6.53. The maximum atomic E-state index is 13.6. The van der Waals surface area contributed by atoms with E-state index in [4.69, 9.17) is 5.73 Å². The number of halogens is 2. The highest BCUT2D eigenvalue weighted by molar-refractivity contribution is 7.10. The first-order chi connectivity index (χ1) is 8.49. The van der Waals surface area contributed by atoms with E-state index in [-0.39, 0.29) is 12.0 Å². The third-order valence-corrected chi connectivity index (χ3v) is 3.68. The Labute approximate surface area is 108 Å². The third-order valence-electron chi connectivity index (χ3n) is 2.73. The molecule has 1 atom stereocenters. The lowest BCUT2D eigenvalue weighted by Gasteiger charge is -2.11. The number of aromatic nitrogens is 1. The third kappa shape index (κ3) is 2.57. The summed E-state index contributed by atoms with van der Waals surface area (Å²) in [6.45, 7) is 4.01. The molecular formula is C13H14F2N2S. The highest BCUT2D eigenvalue weighted by atomic mass is 32.1. The molecule has 1 heterocycles. The molecule has 0 amide bonds. The number of nitrogens with two attached hydrogens (primary N) is 1. The van der Waals surface area contributed by atoms with Gasteiger partial charge in [-0.1, -0.05) is 13.8 Å². The van der Waals surface area contributed by atoms with Crippen molar-refractivity contribution in [1.29, 1.82) is 0 Å². The van der Waals surface area contributed by atoms with Crippen LogP contribution in [0.3, 0.4) is 0 Å². The first kappa shape index (κ1) is 13.1. The van der Waals surface area contributed by atoms with Crippen molar-refractivity contribution in [1.82, 2.24) is 4.98 Å². The Kier molecular flexibility index (Phi) is 3.73. The molecule has 1 unspecified atom stereocenters. The summed E-state index contributed by atoms with van der Waals surface area (Å²) in [5, 5.41) is 2.51. The number of benzene rings is 1. The highest BCUT2D eigenvalue weighted by Gasteiger charge is 2.16. The van der Waals surface area contributed by atoms with Crippen LogP contribution in [0, 0.1) is 17.6 Å². The molecule has 1 aromatic heterocycles. The Morgan fingerprint density at radius 1 is 1.28 bits per heavy atom. The van der Waals surface area contributed by atoms with Crippen LogP contribution in [0.2, 0.25) is 0 Å². The smallest absolute Gasteiger partial charge is 0.135 e. The Balaban J connectivity index is 2.35. The summed E-state index contributed by atoms with van der Waals surface area (Å²) in [6.07, 6.45) is 0. The molecule has 0 radical (unpaired) electrons. The van der Waals surface area contributed by atoms with Crippen LogP contribution in [0.5, 0.6) is 0 Å². The van der Waals surface area contributed by atoms with E-state index in [9.17, 15) is 8.78 Å². The van der Waals surface area contributed by atoms with Crippen molar-refractivity contribution in [3.05, 3.63) is 40.2 Å². The van der Waals surface area contributed by atoms with Crippen LogP contribution >= 0.6 is 11.3 Å². The fourth-order valence-corrected chi connectivity index (χ4v) is 2.54. The topological polar surface area (TPSA) is 38.9 Å². The van der Waals surface area contributed by atoms with Gasteiger partial charge in [-0.2, -0.15) is 0 Å². The van der Waals surface area contributed by atoms with E-state index in [0.717, 1.165) is 11.1 Å². The molecule has 2 aromatic rings. The minimum Gasteiger partial charge on any atom is -0.322 e. The molecule has 0 aliphatic rings. The maximum absolute atomic E-state index is 13.6. The van der Waals surface area contributed by atoms with E-state index < -0.39 is 11.6 Å². The van der Waals surface area contributed by atoms with Gasteiger partial charge in [-0.15, -0.1) is 11.3 Å². The number of nitrogens with zero attached hydrogens (tertiary/aromatic N) is 1. The second-order valence-corrected chi connectivity index (χ2v) is 5.35. The lowest BCUT2D eigenvalue weighted by Crippen LogP contribution is -2.16. The Bertz CT molecular complexity index is 552. The predicted molar refractivity (Wildman–Crippen MR) is 69.2 cm³/mol. The van der Waals surface area contributed by atoms with Gasteiger partial charge >= 0.3 is 0 Å². The van der Waals surface area contributed by atoms with Gasteiger partial charge in [0, 0.05) is 17.0 Å². The van der Waals surface area contributed by atoms with Crippen molar-refractivity contribution in [2.24, 2.45) is 11.7 Å². The Hall–Kier alpha value is -1.33. The van der Waals surface area contributed by atoms with Crippen LogP contribution in [0.4, 0.5) is 8.78 Å². The number of thiazole rings is 1. The fraction of sp³-hybridized carbons (Fsp3) is 0.308. The largest absolute Gasteiger partial charge is 0.322 e. The van der Waals surface area contributed by atoms with Crippen molar-refractivity contribution >= 4 is 11.3 Å². The van der Waals surface area contributed by atoms with Crippen molar-refractivity contribution in [3.63, 3.8) is 0 Å². The van der Waals surface area contributed by atoms with Crippen molar-refractivity contribution in [2.75, 3.05) is 0 Å². The number of rotatable bonds is 3. The van der Waals surface area contributed by atoms with E-state index in [1.807, 2.05) is 13.8 Å². The van der Waals surface area contributed by atoms with Gasteiger partial charge in [0.15, 0.2) is 0 Å². The second kappa shape index (κ2) is 5.12. The molecule has 0 bridgehead atoms. The molecule has 2 nitrogen and oxygen atoms in total. The van der Waals surface area contributed by atoms with Gasteiger partial charge in [-0.05, 0) is 18.1 Å². The number of hydrogen-bond donors (Lipinski definition) is 1. The van der Waals surface area contributed by atoms with Gasteiger partial charge in [0.2, 0.25) is 0 Å². The van der Waals surface area contributed by atoms with Crippen LogP contribution in [0.1, 0.15) is 24.9 Å². The highest BCUT2D eigenvalue weighted by Crippen LogP contribution is 2.29. The van der Waals surface area contributed by atoms with Crippen LogP contribution in [0.15, 0.2) is 23.6 Å². The van der Waals surface area contributed by atoms with E-state index in [0.29, 0.717) is 11.3 Å². The number of hydrogen-bond acceptors (Lipinski definition) is 3. The molecule has 0 aliphatic heterocycles. The Morgan fingerprint density at radius 2 is 2.00 bits per heavy atom. The zero-order valence-electron chi connectivity index (χ0n) is 10.2. The average molecular weight is 268 g/mol. The molecule has 18 heavy (non-hydrogen) atoms. The molecule has 0 saturated carbocycles. The molecule has 5 heteroatoms. The fourth-order valence-electron chi connectivity index (χ4n) is 1.55. The predicted octanol–water partition coefficient (Wildman–Crippen LogP) is 3.74. The van der Waals surface area contributed by atoms with E-state index in [2.05, 4.69) is 4.98 Å². The Morgan fingerprint density at radius 3 is 2.61 bits per heavy atom. The molecule has 2 N–H and O–H groups in total. The minimum absolute atomic E-state index is 0.160. The molecule has 96 valence electrons. The molecule has 0 aliphatic carbocycles. The van der Waals surface area contributed by atoms with Gasteiger partial charge in [0.1, 0.15) is 16.6 Å². The summed E-state index contributed by atoms with van der Waals surface area (Å²) >= 11 is 1.40. The SMILES string of the molecule is CC(C)C(N)c1nc(-c2ccc(F)cc2F)cs1. The van der Waals surface area contributed by atoms with Crippen molar-refractivity contribution in [2.45, 2.75) is 19.9 Å². The van der Waals surface area contributed by atoms with E-state index >= 15 is 0 Å².